The number of ketones is 1. The fourth-order valence-corrected chi connectivity index (χ4v) is 4.86. The zero-order valence-electron chi connectivity index (χ0n) is 22.1. The summed E-state index contributed by atoms with van der Waals surface area (Å²) in [5, 5.41) is 4.30. The van der Waals surface area contributed by atoms with Crippen molar-refractivity contribution >= 4 is 11.3 Å². The number of halogens is 2. The average Bonchev–Trinajstić information content (AvgIpc) is 3.50. The number of carbonyl (C=O) groups excluding carboxylic acids is 1. The Kier molecular flexibility index (Phi) is 6.50. The van der Waals surface area contributed by atoms with E-state index in [0.29, 0.717) is 28.2 Å². The van der Waals surface area contributed by atoms with Crippen molar-refractivity contribution in [1.82, 2.24) is 24.0 Å². The van der Waals surface area contributed by atoms with Gasteiger partial charge in [-0.25, -0.2) is 18.0 Å². The van der Waals surface area contributed by atoms with E-state index >= 15 is 4.39 Å². The molecule has 0 fully saturated rings. The van der Waals surface area contributed by atoms with Gasteiger partial charge in [0.05, 0.1) is 17.6 Å². The Morgan fingerprint density at radius 3 is 2.49 bits per heavy atom. The number of benzene rings is 2. The van der Waals surface area contributed by atoms with Crippen LogP contribution < -0.4 is 10.3 Å². The highest BCUT2D eigenvalue weighted by atomic mass is 19.1. The predicted molar refractivity (Wildman–Crippen MR) is 149 cm³/mol. The van der Waals surface area contributed by atoms with Crippen LogP contribution in [-0.2, 0) is 13.5 Å². The van der Waals surface area contributed by atoms with Crippen LogP contribution in [0.25, 0.3) is 22.5 Å². The van der Waals surface area contributed by atoms with Crippen molar-refractivity contribution < 1.29 is 18.3 Å². The van der Waals surface area contributed by atoms with Gasteiger partial charge in [-0.15, -0.1) is 0 Å². The zero-order chi connectivity index (χ0) is 28.7. The topological polar surface area (TPSA) is 83.4 Å². The molecular formula is C31H23F2N5O3. The second kappa shape index (κ2) is 10.3. The molecule has 6 aromatic rings. The highest BCUT2D eigenvalue weighted by Gasteiger charge is 2.23. The summed E-state index contributed by atoms with van der Waals surface area (Å²) < 4.78 is 39.1. The number of fused-ring (bicyclic) bond motifs is 1. The molecule has 0 amide bonds. The average molecular weight is 552 g/mol. The number of hydrogen-bond acceptors (Lipinski definition) is 5. The van der Waals surface area contributed by atoms with Crippen molar-refractivity contribution in [1.29, 1.82) is 0 Å². The fourth-order valence-electron chi connectivity index (χ4n) is 4.86. The summed E-state index contributed by atoms with van der Waals surface area (Å²) in [6.07, 6.45) is 4.82. The smallest absolute Gasteiger partial charge is 0.282 e. The Hall–Kier alpha value is -5.38. The molecule has 0 saturated carbocycles. The number of aromatic nitrogens is 5. The van der Waals surface area contributed by atoms with E-state index in [1.165, 1.54) is 45.8 Å². The molecule has 0 unspecified atom stereocenters. The number of hydrogen-bond donors (Lipinski definition) is 0. The Labute approximate surface area is 232 Å². The van der Waals surface area contributed by atoms with Crippen LogP contribution in [0.5, 0.6) is 11.5 Å². The number of rotatable bonds is 7. The molecule has 4 heterocycles. The standard InChI is InChI=1S/C31H23F2N5O3/c1-19-29(31(40)38(36(19)2)22-9-7-21(32)8-10-22)26(39)18-20-6-11-27(24(33)17-20)41-28-12-15-35-37-16-13-23(30(28)37)25-5-3-4-14-34-25/h3-17H,18H2,1-2H3. The third kappa shape index (κ3) is 4.69. The van der Waals surface area contributed by atoms with Gasteiger partial charge in [-0.1, -0.05) is 12.1 Å². The number of Topliss-reactive ketones (excluding diaryl/α,β-unsaturated/α-hetero) is 1. The molecule has 8 nitrogen and oxygen atoms in total. The van der Waals surface area contributed by atoms with E-state index < -0.39 is 23.0 Å². The lowest BCUT2D eigenvalue weighted by atomic mass is 10.0. The van der Waals surface area contributed by atoms with Crippen LogP contribution in [0.4, 0.5) is 8.78 Å². The first-order valence-corrected chi connectivity index (χ1v) is 12.7. The first kappa shape index (κ1) is 25.9. The fraction of sp³-hybridized carbons (Fsp3) is 0.0968. The summed E-state index contributed by atoms with van der Waals surface area (Å²) in [5.74, 6) is -1.20. The molecule has 0 N–H and O–H groups in total. The Bertz CT molecular complexity index is 1980. The first-order valence-electron chi connectivity index (χ1n) is 12.7. The van der Waals surface area contributed by atoms with Crippen molar-refractivity contribution in [3.8, 4) is 28.4 Å². The van der Waals surface area contributed by atoms with Gasteiger partial charge < -0.3 is 4.74 Å². The molecule has 4 aromatic heterocycles. The van der Waals surface area contributed by atoms with E-state index in [1.54, 1.807) is 49.2 Å². The highest BCUT2D eigenvalue weighted by Crippen LogP contribution is 2.34. The van der Waals surface area contributed by atoms with Gasteiger partial charge in [-0.2, -0.15) is 5.10 Å². The minimum atomic E-state index is -0.662. The van der Waals surface area contributed by atoms with Gasteiger partial charge in [0, 0.05) is 43.2 Å². The lowest BCUT2D eigenvalue weighted by Crippen LogP contribution is -2.23. The molecule has 10 heteroatoms. The molecule has 0 aliphatic carbocycles. The number of pyridine rings is 1. The maximum atomic E-state index is 15.2. The molecule has 2 aromatic carbocycles. The van der Waals surface area contributed by atoms with Crippen molar-refractivity contribution in [2.45, 2.75) is 13.3 Å². The Morgan fingerprint density at radius 1 is 0.951 bits per heavy atom. The molecule has 204 valence electrons. The SMILES string of the molecule is Cc1c(C(=O)Cc2ccc(Oc3ccnn4ccc(-c5ccccn5)c34)c(F)c2)c(=O)n(-c2ccc(F)cc2)n1C. The Balaban J connectivity index is 1.27. The van der Waals surface area contributed by atoms with Crippen LogP contribution in [0.1, 0.15) is 21.6 Å². The maximum absolute atomic E-state index is 15.2. The molecule has 6 rings (SSSR count). The Morgan fingerprint density at radius 2 is 1.76 bits per heavy atom. The van der Waals surface area contributed by atoms with E-state index in [4.69, 9.17) is 4.74 Å². The minimum absolute atomic E-state index is 0.00739. The van der Waals surface area contributed by atoms with Gasteiger partial charge in [-0.05, 0) is 67.1 Å². The van der Waals surface area contributed by atoms with Crippen LogP contribution in [0.3, 0.4) is 0 Å². The van der Waals surface area contributed by atoms with E-state index in [-0.39, 0.29) is 17.7 Å². The van der Waals surface area contributed by atoms with Crippen LogP contribution >= 0.6 is 0 Å². The normalized spacial score (nSPS) is 11.2. The van der Waals surface area contributed by atoms with E-state index in [2.05, 4.69) is 10.1 Å². The third-order valence-corrected chi connectivity index (χ3v) is 6.94. The molecule has 0 bridgehead atoms. The summed E-state index contributed by atoms with van der Waals surface area (Å²) >= 11 is 0. The number of ether oxygens (including phenoxy) is 1. The molecule has 0 radical (unpaired) electrons. The largest absolute Gasteiger partial charge is 0.452 e. The highest BCUT2D eigenvalue weighted by molar-refractivity contribution is 5.98. The second-order valence-electron chi connectivity index (χ2n) is 9.48. The summed E-state index contributed by atoms with van der Waals surface area (Å²) in [6, 6.07) is 18.7. The molecule has 0 spiro atoms. The van der Waals surface area contributed by atoms with Gasteiger partial charge in [-0.3, -0.25) is 19.3 Å². The summed E-state index contributed by atoms with van der Waals surface area (Å²) in [6.45, 7) is 1.66. The quantitative estimate of drug-likeness (QED) is 0.238. The molecular weight excluding hydrogens is 528 g/mol. The van der Waals surface area contributed by atoms with Gasteiger partial charge in [0.2, 0.25) is 0 Å². The van der Waals surface area contributed by atoms with Crippen LogP contribution in [0, 0.1) is 18.6 Å². The third-order valence-electron chi connectivity index (χ3n) is 6.94. The molecule has 0 aliphatic rings. The molecule has 0 aliphatic heterocycles. The molecule has 0 atom stereocenters. The summed E-state index contributed by atoms with van der Waals surface area (Å²) in [7, 11) is 1.64. The van der Waals surface area contributed by atoms with Crippen molar-refractivity contribution in [3.63, 3.8) is 0 Å². The van der Waals surface area contributed by atoms with Crippen LogP contribution in [0.2, 0.25) is 0 Å². The van der Waals surface area contributed by atoms with E-state index in [1.807, 2.05) is 24.3 Å². The first-order chi connectivity index (χ1) is 19.8. The monoisotopic (exact) mass is 551 g/mol. The van der Waals surface area contributed by atoms with Crippen LogP contribution in [0.15, 0.2) is 96.2 Å². The number of carbonyl (C=O) groups is 1. The van der Waals surface area contributed by atoms with E-state index in [0.717, 1.165) is 11.3 Å². The van der Waals surface area contributed by atoms with Crippen molar-refractivity contribution in [2.75, 3.05) is 0 Å². The predicted octanol–water partition coefficient (Wildman–Crippen LogP) is 5.69. The summed E-state index contributed by atoms with van der Waals surface area (Å²) in [4.78, 5) is 30.8. The summed E-state index contributed by atoms with van der Waals surface area (Å²) in [5.41, 5.74) is 2.84. The zero-order valence-corrected chi connectivity index (χ0v) is 22.1. The number of nitrogens with zero attached hydrogens (tertiary/aromatic N) is 5. The lowest BCUT2D eigenvalue weighted by molar-refractivity contribution is 0.0991. The maximum Gasteiger partial charge on any atom is 0.282 e. The van der Waals surface area contributed by atoms with E-state index in [9.17, 15) is 14.0 Å². The molecule has 41 heavy (non-hydrogen) atoms. The van der Waals surface area contributed by atoms with Gasteiger partial charge >= 0.3 is 0 Å². The van der Waals surface area contributed by atoms with Crippen molar-refractivity contribution in [3.05, 3.63) is 130 Å². The van der Waals surface area contributed by atoms with Gasteiger partial charge in [0.1, 0.15) is 16.9 Å². The second-order valence-corrected chi connectivity index (χ2v) is 9.48. The van der Waals surface area contributed by atoms with Crippen LogP contribution in [-0.4, -0.2) is 29.7 Å². The van der Waals surface area contributed by atoms with Crippen molar-refractivity contribution in [2.24, 2.45) is 7.05 Å². The van der Waals surface area contributed by atoms with Gasteiger partial charge in [0.15, 0.2) is 23.1 Å². The minimum Gasteiger partial charge on any atom is -0.452 e. The lowest BCUT2D eigenvalue weighted by Gasteiger charge is -2.11. The van der Waals surface area contributed by atoms with Gasteiger partial charge in [0.25, 0.3) is 5.56 Å². The molecule has 0 saturated heterocycles.